The van der Waals surface area contributed by atoms with E-state index in [1.165, 1.54) is 0 Å². The molecule has 1 aromatic heterocycles. The van der Waals surface area contributed by atoms with Crippen LogP contribution in [-0.2, 0) is 12.0 Å². The minimum atomic E-state index is -0.0815. The van der Waals surface area contributed by atoms with Gasteiger partial charge in [0.15, 0.2) is 0 Å². The molecule has 1 aromatic carbocycles. The molecule has 0 aliphatic rings. The number of hydrogen-bond donors (Lipinski definition) is 1. The minimum Gasteiger partial charge on any atom is -0.383 e. The molecule has 0 saturated carbocycles. The fourth-order valence-electron chi connectivity index (χ4n) is 2.17. The maximum absolute atomic E-state index is 6.28. The molecule has 1 heterocycles. The van der Waals surface area contributed by atoms with E-state index < -0.39 is 0 Å². The molecular weight excluding hydrogens is 270 g/mol. The predicted molar refractivity (Wildman–Crippen MR) is 86.0 cm³/mol. The second-order valence-electron chi connectivity index (χ2n) is 5.83. The Morgan fingerprint density at radius 1 is 1.30 bits per heavy atom. The number of halogens is 1. The van der Waals surface area contributed by atoms with Crippen LogP contribution in [0.25, 0.3) is 11.3 Å². The molecule has 20 heavy (non-hydrogen) atoms. The van der Waals surface area contributed by atoms with Crippen molar-refractivity contribution in [1.82, 2.24) is 9.55 Å². The van der Waals surface area contributed by atoms with E-state index in [0.29, 0.717) is 17.4 Å². The Labute approximate surface area is 125 Å². The zero-order chi connectivity index (χ0) is 14.9. The third kappa shape index (κ3) is 2.73. The number of rotatable bonds is 3. The van der Waals surface area contributed by atoms with Crippen LogP contribution in [0.4, 0.5) is 5.82 Å². The second kappa shape index (κ2) is 5.33. The number of nitrogen functional groups attached to an aromatic ring is 1. The number of imidazole rings is 1. The monoisotopic (exact) mass is 289 g/mol. The summed E-state index contributed by atoms with van der Waals surface area (Å²) in [6.07, 6.45) is 1.83. The fraction of sp³-hybridized carbons (Fsp3) is 0.312. The van der Waals surface area contributed by atoms with Gasteiger partial charge in [-0.15, -0.1) is 6.58 Å². The van der Waals surface area contributed by atoms with Crippen molar-refractivity contribution in [2.45, 2.75) is 32.7 Å². The summed E-state index contributed by atoms with van der Waals surface area (Å²) >= 11 is 5.93. The standard InChI is InChI=1S/C16H20ClN3/c1-5-10-20-14(18)13(19-15(20)16(2,3)4)11-6-8-12(17)9-7-11/h5-9H,1,10,18H2,2-4H3. The van der Waals surface area contributed by atoms with Crippen molar-refractivity contribution in [2.24, 2.45) is 0 Å². The van der Waals surface area contributed by atoms with Crippen LogP contribution < -0.4 is 5.73 Å². The van der Waals surface area contributed by atoms with E-state index in [1.54, 1.807) is 0 Å². The molecule has 2 rings (SSSR count). The van der Waals surface area contributed by atoms with Crippen LogP contribution in [-0.4, -0.2) is 9.55 Å². The highest BCUT2D eigenvalue weighted by Crippen LogP contribution is 2.32. The Balaban J connectivity index is 2.60. The minimum absolute atomic E-state index is 0.0815. The largest absolute Gasteiger partial charge is 0.383 e. The van der Waals surface area contributed by atoms with Gasteiger partial charge in [-0.1, -0.05) is 50.6 Å². The van der Waals surface area contributed by atoms with Crippen molar-refractivity contribution >= 4 is 17.4 Å². The van der Waals surface area contributed by atoms with Crippen LogP contribution in [0.3, 0.4) is 0 Å². The van der Waals surface area contributed by atoms with Crippen LogP contribution in [0.1, 0.15) is 26.6 Å². The zero-order valence-corrected chi connectivity index (χ0v) is 12.9. The molecule has 0 fully saturated rings. The van der Waals surface area contributed by atoms with Crippen molar-refractivity contribution < 1.29 is 0 Å². The first kappa shape index (κ1) is 14.7. The molecule has 4 heteroatoms. The van der Waals surface area contributed by atoms with Crippen molar-refractivity contribution in [2.75, 3.05) is 5.73 Å². The molecule has 3 nitrogen and oxygen atoms in total. The van der Waals surface area contributed by atoms with Crippen LogP contribution in [0, 0.1) is 0 Å². The lowest BCUT2D eigenvalue weighted by Gasteiger charge is -2.19. The number of benzene rings is 1. The SMILES string of the molecule is C=CCn1c(C(C)(C)C)nc(-c2ccc(Cl)cc2)c1N. The lowest BCUT2D eigenvalue weighted by molar-refractivity contribution is 0.515. The van der Waals surface area contributed by atoms with Crippen LogP contribution in [0.15, 0.2) is 36.9 Å². The van der Waals surface area contributed by atoms with Gasteiger partial charge in [-0.2, -0.15) is 0 Å². The molecule has 0 bridgehead atoms. The van der Waals surface area contributed by atoms with E-state index in [4.69, 9.17) is 22.3 Å². The van der Waals surface area contributed by atoms with Crippen LogP contribution in [0.2, 0.25) is 5.02 Å². The molecule has 2 N–H and O–H groups in total. The second-order valence-corrected chi connectivity index (χ2v) is 6.26. The highest BCUT2D eigenvalue weighted by molar-refractivity contribution is 6.30. The first-order valence-corrected chi connectivity index (χ1v) is 6.95. The first-order chi connectivity index (χ1) is 9.34. The number of nitrogens with two attached hydrogens (primary N) is 1. The molecule has 0 unspecified atom stereocenters. The van der Waals surface area contributed by atoms with Gasteiger partial charge in [0.1, 0.15) is 17.3 Å². The van der Waals surface area contributed by atoms with Gasteiger partial charge in [0.05, 0.1) is 0 Å². The van der Waals surface area contributed by atoms with E-state index >= 15 is 0 Å². The molecular formula is C16H20ClN3. The Kier molecular flexibility index (Phi) is 3.91. The van der Waals surface area contributed by atoms with Gasteiger partial charge in [0.25, 0.3) is 0 Å². The van der Waals surface area contributed by atoms with E-state index in [9.17, 15) is 0 Å². The molecule has 0 aliphatic carbocycles. The maximum atomic E-state index is 6.28. The summed E-state index contributed by atoms with van der Waals surface area (Å²) < 4.78 is 2.01. The molecule has 2 aromatic rings. The molecule has 0 saturated heterocycles. The normalized spacial score (nSPS) is 11.6. The van der Waals surface area contributed by atoms with Gasteiger partial charge < -0.3 is 10.3 Å². The highest BCUT2D eigenvalue weighted by Gasteiger charge is 2.24. The van der Waals surface area contributed by atoms with E-state index in [0.717, 1.165) is 17.1 Å². The van der Waals surface area contributed by atoms with Gasteiger partial charge >= 0.3 is 0 Å². The third-order valence-electron chi connectivity index (χ3n) is 3.11. The summed E-state index contributed by atoms with van der Waals surface area (Å²) in [4.78, 5) is 4.75. The lowest BCUT2D eigenvalue weighted by Crippen LogP contribution is -2.19. The quantitative estimate of drug-likeness (QED) is 0.858. The Morgan fingerprint density at radius 2 is 1.90 bits per heavy atom. The molecule has 0 aliphatic heterocycles. The number of allylic oxidation sites excluding steroid dienone is 1. The van der Waals surface area contributed by atoms with Gasteiger partial charge in [0, 0.05) is 22.5 Å². The fourth-order valence-corrected chi connectivity index (χ4v) is 2.30. The van der Waals surface area contributed by atoms with Crippen molar-refractivity contribution in [3.8, 4) is 11.3 Å². The summed E-state index contributed by atoms with van der Waals surface area (Å²) in [5.74, 6) is 1.62. The maximum Gasteiger partial charge on any atom is 0.132 e. The summed E-state index contributed by atoms with van der Waals surface area (Å²) in [7, 11) is 0. The summed E-state index contributed by atoms with van der Waals surface area (Å²) in [6, 6.07) is 7.57. The van der Waals surface area contributed by atoms with E-state index in [-0.39, 0.29) is 5.41 Å². The van der Waals surface area contributed by atoms with Crippen LogP contribution in [0.5, 0.6) is 0 Å². The van der Waals surface area contributed by atoms with Crippen molar-refractivity contribution in [3.05, 3.63) is 47.8 Å². The van der Waals surface area contributed by atoms with Gasteiger partial charge in [-0.05, 0) is 12.1 Å². The van der Waals surface area contributed by atoms with E-state index in [2.05, 4.69) is 27.4 Å². The van der Waals surface area contributed by atoms with Crippen molar-refractivity contribution in [1.29, 1.82) is 0 Å². The Morgan fingerprint density at radius 3 is 2.40 bits per heavy atom. The van der Waals surface area contributed by atoms with E-state index in [1.807, 2.05) is 34.9 Å². The number of aromatic nitrogens is 2. The summed E-state index contributed by atoms with van der Waals surface area (Å²) in [5.41, 5.74) is 7.97. The Hall–Kier alpha value is -1.74. The molecule has 0 atom stereocenters. The van der Waals surface area contributed by atoms with Gasteiger partial charge in [-0.3, -0.25) is 0 Å². The molecule has 0 radical (unpaired) electrons. The summed E-state index contributed by atoms with van der Waals surface area (Å²) in [6.45, 7) is 10.8. The average Bonchev–Trinajstić information content (AvgIpc) is 2.69. The first-order valence-electron chi connectivity index (χ1n) is 6.58. The third-order valence-corrected chi connectivity index (χ3v) is 3.36. The molecule has 0 spiro atoms. The topological polar surface area (TPSA) is 43.8 Å². The molecule has 106 valence electrons. The number of nitrogens with zero attached hydrogens (tertiary/aromatic N) is 2. The van der Waals surface area contributed by atoms with Gasteiger partial charge in [0.2, 0.25) is 0 Å². The highest BCUT2D eigenvalue weighted by atomic mass is 35.5. The van der Waals surface area contributed by atoms with Gasteiger partial charge in [-0.25, -0.2) is 4.98 Å². The van der Waals surface area contributed by atoms with Crippen LogP contribution >= 0.6 is 11.6 Å². The lowest BCUT2D eigenvalue weighted by atomic mass is 9.95. The van der Waals surface area contributed by atoms with Crippen molar-refractivity contribution in [3.63, 3.8) is 0 Å². The summed E-state index contributed by atoms with van der Waals surface area (Å²) in [5, 5.41) is 0.703. The smallest absolute Gasteiger partial charge is 0.132 e. The molecule has 0 amide bonds. The Bertz CT molecular complexity index is 618. The number of anilines is 1. The average molecular weight is 290 g/mol. The predicted octanol–water partition coefficient (Wildman–Crippen LogP) is 4.27. The zero-order valence-electron chi connectivity index (χ0n) is 12.2. The number of hydrogen-bond acceptors (Lipinski definition) is 2.